The molecule has 0 radical (unpaired) electrons. The molecule has 0 saturated carbocycles. The molecule has 2 aliphatic heterocycles. The minimum absolute atomic E-state index is 0.0241. The van der Waals surface area contributed by atoms with E-state index in [1.165, 1.54) is 6.08 Å². The van der Waals surface area contributed by atoms with Gasteiger partial charge in [-0.2, -0.15) is 9.97 Å². The molecule has 1 aromatic carbocycles. The Morgan fingerprint density at radius 1 is 1.17 bits per heavy atom. The predicted octanol–water partition coefficient (Wildman–Crippen LogP) is 3.74. The van der Waals surface area contributed by atoms with E-state index < -0.39 is 5.92 Å². The Labute approximate surface area is 201 Å². The van der Waals surface area contributed by atoms with Crippen LogP contribution >= 0.6 is 0 Å². The highest BCUT2D eigenvalue weighted by molar-refractivity contribution is 5.87. The number of hydrogen-bond acceptors (Lipinski definition) is 7. The van der Waals surface area contributed by atoms with E-state index in [2.05, 4.69) is 26.8 Å². The highest BCUT2D eigenvalue weighted by atomic mass is 19.3. The van der Waals surface area contributed by atoms with Gasteiger partial charge in [-0.3, -0.25) is 4.79 Å². The summed E-state index contributed by atoms with van der Waals surface area (Å²) in [5, 5.41) is 3.18. The van der Waals surface area contributed by atoms with Gasteiger partial charge in [0.1, 0.15) is 5.52 Å². The fourth-order valence-corrected chi connectivity index (χ4v) is 4.75. The number of carbonyl (C=O) groups is 1. The Hall–Kier alpha value is -3.76. The number of halogens is 2. The second-order valence-corrected chi connectivity index (χ2v) is 9.06. The molecule has 1 unspecified atom stereocenters. The molecule has 1 amide bonds. The van der Waals surface area contributed by atoms with Crippen molar-refractivity contribution in [3.8, 4) is 0 Å². The van der Waals surface area contributed by atoms with E-state index in [1.54, 1.807) is 11.2 Å². The molecule has 3 N–H and O–H groups in total. The second kappa shape index (κ2) is 9.12. The van der Waals surface area contributed by atoms with Crippen molar-refractivity contribution in [2.24, 2.45) is 0 Å². The van der Waals surface area contributed by atoms with Crippen LogP contribution in [0.25, 0.3) is 11.2 Å². The number of nitrogen functional groups attached to an aromatic ring is 1. The molecule has 2 fully saturated rings. The topological polar surface area (TPSA) is 105 Å². The zero-order valence-corrected chi connectivity index (χ0v) is 19.3. The van der Waals surface area contributed by atoms with Gasteiger partial charge in [0.15, 0.2) is 11.5 Å². The summed E-state index contributed by atoms with van der Waals surface area (Å²) in [6.07, 6.45) is 4.54. The number of likely N-dealkylation sites (tertiary alicyclic amines) is 1. The van der Waals surface area contributed by atoms with E-state index in [1.807, 2.05) is 33.7 Å². The third-order valence-corrected chi connectivity index (χ3v) is 6.71. The molecule has 184 valence electrons. The lowest BCUT2D eigenvalue weighted by Gasteiger charge is -2.33. The van der Waals surface area contributed by atoms with Crippen molar-refractivity contribution in [1.29, 1.82) is 0 Å². The number of nitrogens with one attached hydrogen (secondary N) is 1. The Bertz CT molecular complexity index is 1230. The molecule has 2 aromatic heterocycles. The molecular formula is C24H28F2N8O. The van der Waals surface area contributed by atoms with Gasteiger partial charge in [0, 0.05) is 50.4 Å². The highest BCUT2D eigenvalue weighted by Gasteiger charge is 2.34. The molecule has 3 aromatic rings. The second-order valence-electron chi connectivity index (χ2n) is 9.06. The maximum atomic E-state index is 13.5. The Balaban J connectivity index is 1.34. The van der Waals surface area contributed by atoms with Crippen LogP contribution in [0.4, 0.5) is 31.9 Å². The quantitative estimate of drug-likeness (QED) is 0.534. The van der Waals surface area contributed by atoms with Crippen LogP contribution < -0.4 is 16.0 Å². The van der Waals surface area contributed by atoms with Crippen LogP contribution in [0, 0.1) is 0 Å². The number of fused-ring (bicyclic) bond motifs is 1. The maximum absolute atomic E-state index is 13.5. The Morgan fingerprint density at radius 3 is 2.63 bits per heavy atom. The number of nitrogens with two attached hydrogens (primary N) is 1. The molecule has 5 rings (SSSR count). The number of piperidine rings is 2. The molecule has 9 nitrogen and oxygen atoms in total. The molecule has 0 bridgehead atoms. The van der Waals surface area contributed by atoms with Gasteiger partial charge in [-0.25, -0.2) is 13.8 Å². The predicted molar refractivity (Wildman–Crippen MR) is 131 cm³/mol. The Morgan fingerprint density at radius 2 is 1.91 bits per heavy atom. The van der Waals surface area contributed by atoms with Crippen LogP contribution in [-0.2, 0) is 4.79 Å². The first-order valence-electron chi connectivity index (χ1n) is 11.7. The van der Waals surface area contributed by atoms with Crippen LogP contribution in [0.2, 0.25) is 0 Å². The van der Waals surface area contributed by atoms with E-state index >= 15 is 0 Å². The summed E-state index contributed by atoms with van der Waals surface area (Å²) in [6.45, 7) is 5.50. The number of carbonyl (C=O) groups excluding carboxylic acids is 1. The average molecular weight is 483 g/mol. The van der Waals surface area contributed by atoms with Crippen LogP contribution in [-0.4, -0.2) is 62.4 Å². The number of nitrogens with zero attached hydrogens (tertiary/aromatic N) is 6. The lowest BCUT2D eigenvalue weighted by molar-refractivity contribution is -0.127. The van der Waals surface area contributed by atoms with Crippen molar-refractivity contribution < 1.29 is 13.6 Å². The van der Waals surface area contributed by atoms with E-state index in [9.17, 15) is 13.6 Å². The third kappa shape index (κ3) is 4.75. The van der Waals surface area contributed by atoms with E-state index in [0.717, 1.165) is 24.2 Å². The lowest BCUT2D eigenvalue weighted by Crippen LogP contribution is -2.39. The average Bonchev–Trinajstić information content (AvgIpc) is 3.29. The molecule has 4 heterocycles. The molecule has 2 aliphatic rings. The van der Waals surface area contributed by atoms with Gasteiger partial charge in [-0.15, -0.1) is 0 Å². The molecule has 35 heavy (non-hydrogen) atoms. The summed E-state index contributed by atoms with van der Waals surface area (Å²) >= 11 is 0. The number of hydrogen-bond donors (Lipinski definition) is 2. The molecule has 2 saturated heterocycles. The van der Waals surface area contributed by atoms with Gasteiger partial charge >= 0.3 is 0 Å². The zero-order valence-electron chi connectivity index (χ0n) is 19.3. The van der Waals surface area contributed by atoms with Gasteiger partial charge in [-0.1, -0.05) is 6.58 Å². The summed E-state index contributed by atoms with van der Waals surface area (Å²) in [6, 6.07) is 7.54. The van der Waals surface area contributed by atoms with Gasteiger partial charge in [0.05, 0.1) is 12.4 Å². The fourth-order valence-electron chi connectivity index (χ4n) is 4.75. The van der Waals surface area contributed by atoms with Gasteiger partial charge in [0.25, 0.3) is 5.92 Å². The Kier molecular flexibility index (Phi) is 6.00. The van der Waals surface area contributed by atoms with E-state index in [4.69, 9.17) is 5.73 Å². The van der Waals surface area contributed by atoms with Crippen molar-refractivity contribution in [3.63, 3.8) is 0 Å². The summed E-state index contributed by atoms with van der Waals surface area (Å²) in [7, 11) is 0. The minimum atomic E-state index is -2.57. The molecule has 0 spiro atoms. The van der Waals surface area contributed by atoms with E-state index in [0.29, 0.717) is 43.3 Å². The van der Waals surface area contributed by atoms with Crippen molar-refractivity contribution in [3.05, 3.63) is 43.2 Å². The summed E-state index contributed by atoms with van der Waals surface area (Å²) in [5.74, 6) is -2.07. The first-order chi connectivity index (χ1) is 16.8. The third-order valence-electron chi connectivity index (χ3n) is 6.71. The summed E-state index contributed by atoms with van der Waals surface area (Å²) in [4.78, 5) is 29.3. The molecular weight excluding hydrogens is 454 g/mol. The van der Waals surface area contributed by atoms with Crippen molar-refractivity contribution in [2.75, 3.05) is 42.1 Å². The van der Waals surface area contributed by atoms with Crippen LogP contribution in [0.3, 0.4) is 0 Å². The van der Waals surface area contributed by atoms with Gasteiger partial charge in [-0.05, 0) is 43.2 Å². The smallest absolute Gasteiger partial charge is 0.251 e. The standard InChI is InChI=1S/C24H28F2N8O/c1-2-19(35)33-11-3-4-18(14-33)34-15-28-20-21(27)30-23(31-22(20)34)29-16-5-7-17(8-6-16)32-12-9-24(25,26)10-13-32/h2,5-8,15,18H,1,3-4,9-14H2,(H3,27,29,30,31). The number of rotatable bonds is 5. The number of aromatic nitrogens is 4. The normalized spacial score (nSPS) is 20.1. The van der Waals surface area contributed by atoms with Crippen LogP contribution in [0.15, 0.2) is 43.2 Å². The fraction of sp³-hybridized carbons (Fsp3) is 0.417. The van der Waals surface area contributed by atoms with Crippen LogP contribution in [0.5, 0.6) is 0 Å². The monoisotopic (exact) mass is 482 g/mol. The zero-order chi connectivity index (χ0) is 24.6. The number of benzene rings is 1. The number of amides is 1. The SMILES string of the molecule is C=CC(=O)N1CCCC(n2cnc3c(N)nc(Nc4ccc(N5CCC(F)(F)CC5)cc4)nc32)C1. The minimum Gasteiger partial charge on any atom is -0.382 e. The van der Waals surface area contributed by atoms with Crippen LogP contribution in [0.1, 0.15) is 31.7 Å². The number of anilines is 4. The largest absolute Gasteiger partial charge is 0.382 e. The van der Waals surface area contributed by atoms with Crippen molar-refractivity contribution in [2.45, 2.75) is 37.6 Å². The van der Waals surface area contributed by atoms with Crippen molar-refractivity contribution >= 4 is 40.2 Å². The van der Waals surface area contributed by atoms with Gasteiger partial charge < -0.3 is 25.4 Å². The van der Waals surface area contributed by atoms with Crippen molar-refractivity contribution in [1.82, 2.24) is 24.4 Å². The molecule has 11 heteroatoms. The van der Waals surface area contributed by atoms with Gasteiger partial charge in [0.2, 0.25) is 11.9 Å². The highest BCUT2D eigenvalue weighted by Crippen LogP contribution is 2.32. The number of alkyl halides is 2. The molecule has 1 atom stereocenters. The number of imidazole rings is 1. The lowest BCUT2D eigenvalue weighted by atomic mass is 10.1. The summed E-state index contributed by atoms with van der Waals surface area (Å²) < 4.78 is 28.9. The summed E-state index contributed by atoms with van der Waals surface area (Å²) in [5.41, 5.74) is 8.95. The maximum Gasteiger partial charge on any atom is 0.251 e. The first-order valence-corrected chi connectivity index (χ1v) is 11.7. The first kappa shape index (κ1) is 23.0. The van der Waals surface area contributed by atoms with E-state index in [-0.39, 0.29) is 30.6 Å². The molecule has 0 aliphatic carbocycles.